The topological polar surface area (TPSA) is 96.2 Å². The highest BCUT2D eigenvalue weighted by Crippen LogP contribution is 2.38. The fourth-order valence-electron chi connectivity index (χ4n) is 2.37. The highest BCUT2D eigenvalue weighted by Gasteiger charge is 2.16. The van der Waals surface area contributed by atoms with E-state index >= 15 is 0 Å². The summed E-state index contributed by atoms with van der Waals surface area (Å²) in [6.45, 7) is 7.57. The Morgan fingerprint density at radius 3 is 2.24 bits per heavy atom. The second kappa shape index (κ2) is 7.48. The summed E-state index contributed by atoms with van der Waals surface area (Å²) in [5, 5.41) is 9.90. The number of hydrogen-bond acceptors (Lipinski definition) is 4. The maximum absolute atomic E-state index is 10.9. The summed E-state index contributed by atoms with van der Waals surface area (Å²) in [5.41, 5.74) is 2.27. The van der Waals surface area contributed by atoms with E-state index in [9.17, 15) is 9.67 Å². The molecule has 0 amide bonds. The van der Waals surface area contributed by atoms with Crippen LogP contribution in [0.1, 0.15) is 36.5 Å². The van der Waals surface area contributed by atoms with Gasteiger partial charge in [-0.25, -0.2) is 0 Å². The van der Waals surface area contributed by atoms with Crippen LogP contribution in [0.5, 0.6) is 23.0 Å². The molecule has 0 aliphatic heterocycles. The normalized spacial score (nSPS) is 11.6. The Morgan fingerprint density at radius 2 is 1.64 bits per heavy atom. The zero-order valence-electron chi connectivity index (χ0n) is 14.7. The molecule has 0 aliphatic carbocycles. The average molecular weight is 366 g/mol. The molecule has 3 N–H and O–H groups in total. The number of benzene rings is 2. The van der Waals surface area contributed by atoms with Crippen molar-refractivity contribution in [2.24, 2.45) is 0 Å². The van der Waals surface area contributed by atoms with Crippen LogP contribution in [0.25, 0.3) is 0 Å². The van der Waals surface area contributed by atoms with Gasteiger partial charge in [0.05, 0.1) is 0 Å². The lowest BCUT2D eigenvalue weighted by atomic mass is 10.0. The van der Waals surface area contributed by atoms with Crippen LogP contribution in [0.3, 0.4) is 0 Å². The van der Waals surface area contributed by atoms with Gasteiger partial charge in [0.15, 0.2) is 6.35 Å². The third-order valence-corrected chi connectivity index (χ3v) is 4.18. The summed E-state index contributed by atoms with van der Waals surface area (Å²) in [4.78, 5) is 17.8. The Bertz CT molecular complexity index is 809. The van der Waals surface area contributed by atoms with E-state index < -0.39 is 13.9 Å². The van der Waals surface area contributed by atoms with Crippen molar-refractivity contribution in [1.29, 1.82) is 0 Å². The van der Waals surface area contributed by atoms with E-state index in [1.165, 1.54) is 0 Å². The Morgan fingerprint density at radius 1 is 1.04 bits per heavy atom. The first kappa shape index (κ1) is 19.3. The molecule has 25 heavy (non-hydrogen) atoms. The van der Waals surface area contributed by atoms with Gasteiger partial charge in [-0.05, 0) is 61.2 Å². The van der Waals surface area contributed by atoms with Crippen LogP contribution in [0.4, 0.5) is 0 Å². The summed E-state index contributed by atoms with van der Waals surface area (Å²) in [6, 6.07) is 8.53. The SMILES string of the molecule is Cc1cc(Oc2ccc(O)c(C(C)C)c2)c(C)cc1OCP(=O)(O)O. The predicted molar refractivity (Wildman–Crippen MR) is 95.7 cm³/mol. The quantitative estimate of drug-likeness (QED) is 0.654. The smallest absolute Gasteiger partial charge is 0.362 e. The van der Waals surface area contributed by atoms with Crippen LogP contribution < -0.4 is 9.47 Å². The summed E-state index contributed by atoms with van der Waals surface area (Å²) in [7, 11) is -4.23. The molecule has 0 saturated heterocycles. The molecular formula is C18H23O6P. The summed E-state index contributed by atoms with van der Waals surface area (Å²) in [6.07, 6.45) is -0.663. The van der Waals surface area contributed by atoms with E-state index in [0.717, 1.165) is 11.1 Å². The van der Waals surface area contributed by atoms with Crippen LogP contribution in [0.2, 0.25) is 0 Å². The molecule has 0 radical (unpaired) electrons. The average Bonchev–Trinajstić information content (AvgIpc) is 2.50. The Kier molecular flexibility index (Phi) is 5.78. The van der Waals surface area contributed by atoms with Gasteiger partial charge in [0, 0.05) is 5.56 Å². The lowest BCUT2D eigenvalue weighted by Crippen LogP contribution is -2.00. The molecule has 2 aromatic carbocycles. The van der Waals surface area contributed by atoms with Crippen LogP contribution in [0.15, 0.2) is 30.3 Å². The van der Waals surface area contributed by atoms with Crippen LogP contribution in [0, 0.1) is 13.8 Å². The van der Waals surface area contributed by atoms with Gasteiger partial charge in [0.2, 0.25) is 0 Å². The van der Waals surface area contributed by atoms with Crippen molar-refractivity contribution in [3.05, 3.63) is 47.0 Å². The van der Waals surface area contributed by atoms with Crippen molar-refractivity contribution >= 4 is 7.60 Å². The maximum atomic E-state index is 10.9. The minimum atomic E-state index is -4.23. The molecule has 6 nitrogen and oxygen atoms in total. The molecule has 2 aromatic rings. The Balaban J connectivity index is 2.25. The molecule has 0 bridgehead atoms. The van der Waals surface area contributed by atoms with Crippen LogP contribution in [-0.4, -0.2) is 21.2 Å². The maximum Gasteiger partial charge on any atom is 0.362 e. The van der Waals surface area contributed by atoms with Gasteiger partial charge in [-0.3, -0.25) is 4.57 Å². The van der Waals surface area contributed by atoms with E-state index in [1.807, 2.05) is 20.8 Å². The van der Waals surface area contributed by atoms with Crippen LogP contribution >= 0.6 is 7.60 Å². The first-order chi connectivity index (χ1) is 11.6. The van der Waals surface area contributed by atoms with E-state index in [1.54, 1.807) is 37.3 Å². The summed E-state index contributed by atoms with van der Waals surface area (Å²) < 4.78 is 22.1. The lowest BCUT2D eigenvalue weighted by Gasteiger charge is -2.16. The molecule has 0 spiro atoms. The number of hydrogen-bond donors (Lipinski definition) is 3. The second-order valence-electron chi connectivity index (χ2n) is 6.30. The van der Waals surface area contributed by atoms with E-state index in [-0.39, 0.29) is 11.7 Å². The number of ether oxygens (including phenoxy) is 2. The van der Waals surface area contributed by atoms with Gasteiger partial charge in [-0.1, -0.05) is 13.8 Å². The number of rotatable bonds is 6. The third-order valence-electron chi connectivity index (χ3n) is 3.71. The predicted octanol–water partition coefficient (Wildman–Crippen LogP) is 4.44. The molecule has 0 saturated carbocycles. The highest BCUT2D eigenvalue weighted by molar-refractivity contribution is 7.51. The van der Waals surface area contributed by atoms with Gasteiger partial charge in [-0.15, -0.1) is 0 Å². The lowest BCUT2D eigenvalue weighted by molar-refractivity contribution is 0.299. The molecule has 0 atom stereocenters. The molecule has 0 fully saturated rings. The van der Waals surface area contributed by atoms with Gasteiger partial charge < -0.3 is 24.4 Å². The largest absolute Gasteiger partial charge is 0.508 e. The number of aryl methyl sites for hydroxylation is 2. The fourth-order valence-corrected chi connectivity index (χ4v) is 2.68. The van der Waals surface area contributed by atoms with Crippen molar-refractivity contribution < 1.29 is 28.9 Å². The highest BCUT2D eigenvalue weighted by atomic mass is 31.2. The Hall–Kier alpha value is -2.01. The first-order valence-electron chi connectivity index (χ1n) is 7.86. The van der Waals surface area contributed by atoms with E-state index in [0.29, 0.717) is 22.8 Å². The molecule has 136 valence electrons. The third kappa shape index (κ3) is 5.23. The second-order valence-corrected chi connectivity index (χ2v) is 7.89. The molecule has 0 heterocycles. The zero-order chi connectivity index (χ0) is 18.8. The Labute approximate surface area is 147 Å². The van der Waals surface area contributed by atoms with Gasteiger partial charge >= 0.3 is 7.60 Å². The minimum Gasteiger partial charge on any atom is -0.508 e. The van der Waals surface area contributed by atoms with Crippen molar-refractivity contribution in [2.75, 3.05) is 6.35 Å². The number of phenols is 1. The van der Waals surface area contributed by atoms with Gasteiger partial charge in [0.1, 0.15) is 23.0 Å². The fraction of sp³-hybridized carbons (Fsp3) is 0.333. The summed E-state index contributed by atoms with van der Waals surface area (Å²) in [5.74, 6) is 2.02. The van der Waals surface area contributed by atoms with E-state index in [2.05, 4.69) is 0 Å². The molecule has 0 aliphatic rings. The van der Waals surface area contributed by atoms with Crippen molar-refractivity contribution in [2.45, 2.75) is 33.6 Å². The molecule has 7 heteroatoms. The van der Waals surface area contributed by atoms with Crippen molar-refractivity contribution in [1.82, 2.24) is 0 Å². The number of phenolic OH excluding ortho intramolecular Hbond substituents is 1. The van der Waals surface area contributed by atoms with Crippen molar-refractivity contribution in [3.63, 3.8) is 0 Å². The van der Waals surface area contributed by atoms with Crippen LogP contribution in [-0.2, 0) is 4.57 Å². The van der Waals surface area contributed by atoms with Gasteiger partial charge in [-0.2, -0.15) is 0 Å². The molecule has 2 rings (SSSR count). The molecule has 0 unspecified atom stereocenters. The monoisotopic (exact) mass is 366 g/mol. The summed E-state index contributed by atoms with van der Waals surface area (Å²) >= 11 is 0. The van der Waals surface area contributed by atoms with E-state index in [4.69, 9.17) is 19.3 Å². The number of aromatic hydroxyl groups is 1. The first-order valence-corrected chi connectivity index (χ1v) is 9.66. The van der Waals surface area contributed by atoms with Crippen molar-refractivity contribution in [3.8, 4) is 23.0 Å². The standard InChI is InChI=1S/C18H23O6P/c1-11(2)15-9-14(5-6-16(15)19)24-18-8-12(3)17(7-13(18)4)23-10-25(20,21)22/h5-9,11,19H,10H2,1-4H3,(H2,20,21,22). The van der Waals surface area contributed by atoms with Gasteiger partial charge in [0.25, 0.3) is 0 Å². The minimum absolute atomic E-state index is 0.162. The zero-order valence-corrected chi connectivity index (χ0v) is 15.6. The molecular weight excluding hydrogens is 343 g/mol. The molecule has 0 aromatic heterocycles.